The Kier molecular flexibility index (Phi) is 4.85. The monoisotopic (exact) mass is 344 g/mol. The zero-order valence-electron chi connectivity index (χ0n) is 15.3. The lowest BCUT2D eigenvalue weighted by Crippen LogP contribution is -2.46. The number of imidazole rings is 1. The molecule has 1 unspecified atom stereocenters. The molecule has 4 rings (SSSR count). The maximum Gasteiger partial charge on any atom is 0.229 e. The molecule has 2 aliphatic rings. The summed E-state index contributed by atoms with van der Waals surface area (Å²) in [6.45, 7) is 6.99. The third-order valence-corrected chi connectivity index (χ3v) is 5.41. The standard InChI is InChI=1S/C18H28N6O/c1-3-24-10-8-19-17(24)13-22(2)15-5-4-9-23(11-15)12-16-20-18(25-21-16)14-6-7-14/h8,10,14-15H,3-7,9,11-13H2,1-2H3. The van der Waals surface area contributed by atoms with E-state index in [0.717, 1.165) is 50.3 Å². The Morgan fingerprint density at radius 3 is 3.00 bits per heavy atom. The molecule has 2 aromatic heterocycles. The number of nitrogens with zero attached hydrogens (tertiary/aromatic N) is 6. The first-order chi connectivity index (χ1) is 12.2. The van der Waals surface area contributed by atoms with Crippen molar-refractivity contribution in [2.24, 2.45) is 0 Å². The molecule has 7 heteroatoms. The molecular weight excluding hydrogens is 316 g/mol. The molecule has 0 amide bonds. The van der Waals surface area contributed by atoms with E-state index in [9.17, 15) is 0 Å². The third-order valence-electron chi connectivity index (χ3n) is 5.41. The fraction of sp³-hybridized carbons (Fsp3) is 0.722. The molecule has 0 spiro atoms. The Balaban J connectivity index is 1.33. The predicted molar refractivity (Wildman–Crippen MR) is 93.9 cm³/mol. The van der Waals surface area contributed by atoms with Crippen LogP contribution < -0.4 is 0 Å². The molecule has 1 atom stereocenters. The van der Waals surface area contributed by atoms with Gasteiger partial charge in [-0.1, -0.05) is 5.16 Å². The minimum absolute atomic E-state index is 0.531. The average molecular weight is 344 g/mol. The summed E-state index contributed by atoms with van der Waals surface area (Å²) in [7, 11) is 2.21. The van der Waals surface area contributed by atoms with Crippen molar-refractivity contribution in [3.63, 3.8) is 0 Å². The molecule has 1 saturated carbocycles. The van der Waals surface area contributed by atoms with E-state index >= 15 is 0 Å². The Morgan fingerprint density at radius 2 is 2.20 bits per heavy atom. The number of hydrogen-bond donors (Lipinski definition) is 0. The van der Waals surface area contributed by atoms with Crippen LogP contribution in [0.1, 0.15) is 56.1 Å². The number of rotatable bonds is 7. The zero-order chi connectivity index (χ0) is 17.2. The largest absolute Gasteiger partial charge is 0.339 e. The molecule has 1 aliphatic carbocycles. The predicted octanol–water partition coefficient (Wildman–Crippen LogP) is 2.26. The average Bonchev–Trinajstić information content (AvgIpc) is 3.21. The summed E-state index contributed by atoms with van der Waals surface area (Å²) in [6.07, 6.45) is 8.80. The van der Waals surface area contributed by atoms with Crippen LogP contribution in [0, 0.1) is 0 Å². The molecule has 1 aliphatic heterocycles. The minimum atomic E-state index is 0.531. The maximum absolute atomic E-state index is 5.39. The second-order valence-corrected chi connectivity index (χ2v) is 7.40. The van der Waals surface area contributed by atoms with Gasteiger partial charge in [0, 0.05) is 37.4 Å². The first-order valence-corrected chi connectivity index (χ1v) is 9.48. The summed E-state index contributed by atoms with van der Waals surface area (Å²) < 4.78 is 7.61. The number of aromatic nitrogens is 4. The van der Waals surface area contributed by atoms with Gasteiger partial charge in [-0.2, -0.15) is 4.98 Å². The highest BCUT2D eigenvalue weighted by molar-refractivity contribution is 5.02. The summed E-state index contributed by atoms with van der Waals surface area (Å²) in [5, 5.41) is 4.17. The van der Waals surface area contributed by atoms with E-state index in [1.54, 1.807) is 0 Å². The normalized spacial score (nSPS) is 22.0. The number of likely N-dealkylation sites (tertiary alicyclic amines) is 1. The number of hydrogen-bond acceptors (Lipinski definition) is 6. The van der Waals surface area contributed by atoms with Gasteiger partial charge in [0.25, 0.3) is 0 Å². The smallest absolute Gasteiger partial charge is 0.229 e. The second kappa shape index (κ2) is 7.25. The van der Waals surface area contributed by atoms with Crippen LogP contribution in [0.5, 0.6) is 0 Å². The van der Waals surface area contributed by atoms with Crippen molar-refractivity contribution in [1.29, 1.82) is 0 Å². The summed E-state index contributed by atoms with van der Waals surface area (Å²) >= 11 is 0. The van der Waals surface area contributed by atoms with E-state index in [1.807, 2.05) is 6.20 Å². The lowest BCUT2D eigenvalue weighted by molar-refractivity contribution is 0.102. The molecule has 0 aromatic carbocycles. The molecule has 0 radical (unpaired) electrons. The highest BCUT2D eigenvalue weighted by atomic mass is 16.5. The van der Waals surface area contributed by atoms with Crippen molar-refractivity contribution in [2.75, 3.05) is 20.1 Å². The lowest BCUT2D eigenvalue weighted by atomic mass is 10.0. The van der Waals surface area contributed by atoms with Crippen molar-refractivity contribution >= 4 is 0 Å². The first kappa shape index (κ1) is 16.7. The topological polar surface area (TPSA) is 63.2 Å². The second-order valence-electron chi connectivity index (χ2n) is 7.40. The SMILES string of the molecule is CCn1ccnc1CN(C)C1CCCN(Cc2noc(C3CC3)n2)C1. The Morgan fingerprint density at radius 1 is 1.32 bits per heavy atom. The van der Waals surface area contributed by atoms with Gasteiger partial charge in [-0.05, 0) is 46.2 Å². The highest BCUT2D eigenvalue weighted by Crippen LogP contribution is 2.38. The van der Waals surface area contributed by atoms with Crippen LogP contribution in [-0.2, 0) is 19.6 Å². The van der Waals surface area contributed by atoms with E-state index in [1.165, 1.54) is 25.7 Å². The Labute approximate surface area is 149 Å². The van der Waals surface area contributed by atoms with E-state index < -0.39 is 0 Å². The van der Waals surface area contributed by atoms with Gasteiger partial charge in [-0.25, -0.2) is 4.98 Å². The van der Waals surface area contributed by atoms with E-state index in [-0.39, 0.29) is 0 Å². The number of piperidine rings is 1. The van der Waals surface area contributed by atoms with Crippen LogP contribution in [0.25, 0.3) is 0 Å². The number of likely N-dealkylation sites (N-methyl/N-ethyl adjacent to an activating group) is 1. The van der Waals surface area contributed by atoms with Crippen molar-refractivity contribution < 1.29 is 4.52 Å². The highest BCUT2D eigenvalue weighted by Gasteiger charge is 2.30. The molecule has 1 saturated heterocycles. The maximum atomic E-state index is 5.39. The summed E-state index contributed by atoms with van der Waals surface area (Å²) in [6, 6.07) is 0.547. The van der Waals surface area contributed by atoms with Gasteiger partial charge in [0.1, 0.15) is 5.82 Å². The van der Waals surface area contributed by atoms with Crippen molar-refractivity contribution in [3.8, 4) is 0 Å². The van der Waals surface area contributed by atoms with Crippen molar-refractivity contribution in [3.05, 3.63) is 29.9 Å². The summed E-state index contributed by atoms with van der Waals surface area (Å²) in [5.41, 5.74) is 0. The van der Waals surface area contributed by atoms with Gasteiger partial charge in [-0.3, -0.25) is 9.80 Å². The van der Waals surface area contributed by atoms with E-state index in [2.05, 4.69) is 49.7 Å². The fourth-order valence-corrected chi connectivity index (χ4v) is 3.69. The molecule has 7 nitrogen and oxygen atoms in total. The van der Waals surface area contributed by atoms with Crippen molar-refractivity contribution in [2.45, 2.75) is 64.2 Å². The Hall–Kier alpha value is -1.73. The van der Waals surface area contributed by atoms with Gasteiger partial charge < -0.3 is 9.09 Å². The van der Waals surface area contributed by atoms with Crippen LogP contribution in [0.2, 0.25) is 0 Å². The first-order valence-electron chi connectivity index (χ1n) is 9.48. The third kappa shape index (κ3) is 3.93. The quantitative estimate of drug-likeness (QED) is 0.768. The molecule has 0 N–H and O–H groups in total. The van der Waals surface area contributed by atoms with Crippen LogP contribution in [-0.4, -0.2) is 55.7 Å². The number of aryl methyl sites for hydroxylation is 1. The molecule has 3 heterocycles. The molecule has 0 bridgehead atoms. The van der Waals surface area contributed by atoms with E-state index in [0.29, 0.717) is 12.0 Å². The van der Waals surface area contributed by atoms with Crippen LogP contribution in [0.4, 0.5) is 0 Å². The molecule has 2 aromatic rings. The van der Waals surface area contributed by atoms with Gasteiger partial charge >= 0.3 is 0 Å². The minimum Gasteiger partial charge on any atom is -0.339 e. The van der Waals surface area contributed by atoms with Gasteiger partial charge in [-0.15, -0.1) is 0 Å². The zero-order valence-corrected chi connectivity index (χ0v) is 15.3. The molecule has 2 fully saturated rings. The van der Waals surface area contributed by atoms with Gasteiger partial charge in [0.2, 0.25) is 5.89 Å². The molecular formula is C18H28N6O. The van der Waals surface area contributed by atoms with E-state index in [4.69, 9.17) is 4.52 Å². The lowest BCUT2D eigenvalue weighted by Gasteiger charge is -2.37. The fourth-order valence-electron chi connectivity index (χ4n) is 3.69. The van der Waals surface area contributed by atoms with Gasteiger partial charge in [0.05, 0.1) is 13.1 Å². The van der Waals surface area contributed by atoms with Crippen LogP contribution in [0.3, 0.4) is 0 Å². The molecule has 25 heavy (non-hydrogen) atoms. The van der Waals surface area contributed by atoms with Crippen LogP contribution >= 0.6 is 0 Å². The Bertz CT molecular complexity index is 691. The molecule has 136 valence electrons. The van der Waals surface area contributed by atoms with Crippen LogP contribution in [0.15, 0.2) is 16.9 Å². The summed E-state index contributed by atoms with van der Waals surface area (Å²) in [5.74, 6) is 3.36. The van der Waals surface area contributed by atoms with Gasteiger partial charge in [0.15, 0.2) is 5.82 Å². The summed E-state index contributed by atoms with van der Waals surface area (Å²) in [4.78, 5) is 14.0. The van der Waals surface area contributed by atoms with Crippen molar-refractivity contribution in [1.82, 2.24) is 29.5 Å².